The van der Waals surface area contributed by atoms with Crippen LogP contribution in [-0.2, 0) is 6.54 Å². The Morgan fingerprint density at radius 3 is 2.55 bits per heavy atom. The van der Waals surface area contributed by atoms with Crippen LogP contribution in [-0.4, -0.2) is 9.55 Å². The molecule has 0 aliphatic rings. The first kappa shape index (κ1) is 13.3. The minimum absolute atomic E-state index is 0.0627. The monoisotopic (exact) mass is 346 g/mol. The lowest BCUT2D eigenvalue weighted by atomic mass is 10.2. The van der Waals surface area contributed by atoms with Crippen molar-refractivity contribution < 1.29 is 0 Å². The molecule has 0 atom stereocenters. The first-order valence-corrected chi connectivity index (χ1v) is 7.31. The quantitative estimate of drug-likeness (QED) is 0.715. The summed E-state index contributed by atoms with van der Waals surface area (Å²) in [7, 11) is 0. The molecule has 0 amide bonds. The van der Waals surface area contributed by atoms with Crippen molar-refractivity contribution in [2.75, 3.05) is 0 Å². The van der Waals surface area contributed by atoms with E-state index in [9.17, 15) is 4.79 Å². The van der Waals surface area contributed by atoms with Gasteiger partial charge in [0.25, 0.3) is 5.56 Å². The van der Waals surface area contributed by atoms with Crippen LogP contribution in [0.4, 0.5) is 0 Å². The molecule has 0 bridgehead atoms. The normalized spacial score (nSPS) is 10.8. The van der Waals surface area contributed by atoms with Crippen molar-refractivity contribution in [3.63, 3.8) is 0 Å². The Hall–Kier alpha value is -1.72. The van der Waals surface area contributed by atoms with Crippen LogP contribution in [0.25, 0.3) is 10.9 Å². The minimum Gasteiger partial charge on any atom is -0.332 e. The highest BCUT2D eigenvalue weighted by Gasteiger charge is 2.05. The minimum atomic E-state index is -0.0627. The molecular formula is C15H11BrN2OS. The molecule has 100 valence electrons. The van der Waals surface area contributed by atoms with Crippen molar-refractivity contribution >= 4 is 39.1 Å². The fraction of sp³-hybridized carbons (Fsp3) is 0.0667. The molecule has 5 heteroatoms. The first-order valence-electron chi connectivity index (χ1n) is 6.11. The number of nitrogens with one attached hydrogen (secondary N) is 1. The smallest absolute Gasteiger partial charge is 0.262 e. The third-order valence-electron chi connectivity index (χ3n) is 3.14. The van der Waals surface area contributed by atoms with Crippen LogP contribution in [0, 0.1) is 4.77 Å². The van der Waals surface area contributed by atoms with E-state index in [1.54, 1.807) is 10.6 Å². The summed E-state index contributed by atoms with van der Waals surface area (Å²) in [6, 6.07) is 15.2. The number of nitrogens with zero attached hydrogens (tertiary/aromatic N) is 1. The molecule has 0 unspecified atom stereocenters. The molecule has 0 spiro atoms. The Balaban J connectivity index is 2.14. The molecule has 0 aliphatic carbocycles. The number of hydrogen-bond donors (Lipinski definition) is 1. The van der Waals surface area contributed by atoms with Gasteiger partial charge in [-0.25, -0.2) is 0 Å². The Morgan fingerprint density at radius 2 is 1.80 bits per heavy atom. The summed E-state index contributed by atoms with van der Waals surface area (Å²) in [6.07, 6.45) is 0. The predicted octanol–water partition coefficient (Wildman–Crippen LogP) is 3.87. The van der Waals surface area contributed by atoms with Crippen molar-refractivity contribution in [3.05, 3.63) is 73.7 Å². The molecule has 2 aromatic carbocycles. The lowest BCUT2D eigenvalue weighted by Gasteiger charge is -2.08. The summed E-state index contributed by atoms with van der Waals surface area (Å²) in [6.45, 7) is 0.465. The van der Waals surface area contributed by atoms with Crippen LogP contribution in [0.1, 0.15) is 5.56 Å². The predicted molar refractivity (Wildman–Crippen MR) is 86.6 cm³/mol. The van der Waals surface area contributed by atoms with Gasteiger partial charge in [0.2, 0.25) is 0 Å². The van der Waals surface area contributed by atoms with Crippen LogP contribution >= 0.6 is 28.1 Å². The van der Waals surface area contributed by atoms with Crippen molar-refractivity contribution in [3.8, 4) is 0 Å². The molecule has 0 fully saturated rings. The zero-order chi connectivity index (χ0) is 14.1. The highest BCUT2D eigenvalue weighted by Crippen LogP contribution is 2.12. The topological polar surface area (TPSA) is 37.8 Å². The van der Waals surface area contributed by atoms with Crippen LogP contribution in [0.2, 0.25) is 0 Å². The van der Waals surface area contributed by atoms with Crippen molar-refractivity contribution in [1.82, 2.24) is 9.55 Å². The third kappa shape index (κ3) is 2.46. The Kier molecular flexibility index (Phi) is 3.54. The van der Waals surface area contributed by atoms with E-state index in [4.69, 9.17) is 12.2 Å². The maximum absolute atomic E-state index is 12.5. The molecule has 0 saturated carbocycles. The average molecular weight is 347 g/mol. The molecule has 0 radical (unpaired) electrons. The Labute approximate surface area is 129 Å². The van der Waals surface area contributed by atoms with Gasteiger partial charge < -0.3 is 4.98 Å². The number of benzene rings is 2. The van der Waals surface area contributed by atoms with Gasteiger partial charge >= 0.3 is 0 Å². The van der Waals surface area contributed by atoms with Gasteiger partial charge in [-0.2, -0.15) is 0 Å². The fourth-order valence-electron chi connectivity index (χ4n) is 2.11. The van der Waals surface area contributed by atoms with Gasteiger partial charge in [0.15, 0.2) is 4.77 Å². The van der Waals surface area contributed by atoms with Crippen molar-refractivity contribution in [2.45, 2.75) is 6.54 Å². The number of hydrogen-bond acceptors (Lipinski definition) is 2. The molecule has 3 rings (SSSR count). The van der Waals surface area contributed by atoms with E-state index in [0.717, 1.165) is 15.6 Å². The Bertz CT molecular complexity index is 881. The summed E-state index contributed by atoms with van der Waals surface area (Å²) in [4.78, 5) is 15.6. The second-order valence-corrected chi connectivity index (χ2v) is 5.80. The first-order chi connectivity index (χ1) is 9.65. The van der Waals surface area contributed by atoms with E-state index in [-0.39, 0.29) is 5.56 Å². The van der Waals surface area contributed by atoms with Crippen LogP contribution in [0.5, 0.6) is 0 Å². The molecule has 3 nitrogen and oxygen atoms in total. The highest BCUT2D eigenvalue weighted by atomic mass is 79.9. The van der Waals surface area contributed by atoms with Gasteiger partial charge in [0, 0.05) is 4.47 Å². The highest BCUT2D eigenvalue weighted by molar-refractivity contribution is 9.10. The van der Waals surface area contributed by atoms with Gasteiger partial charge in [0.1, 0.15) is 0 Å². The number of halogens is 1. The molecule has 0 saturated heterocycles. The molecule has 1 aromatic heterocycles. The van der Waals surface area contributed by atoms with E-state index in [1.165, 1.54) is 0 Å². The van der Waals surface area contributed by atoms with E-state index in [2.05, 4.69) is 20.9 Å². The maximum Gasteiger partial charge on any atom is 0.262 e. The van der Waals surface area contributed by atoms with Gasteiger partial charge in [-0.15, -0.1) is 0 Å². The van der Waals surface area contributed by atoms with Crippen molar-refractivity contribution in [1.29, 1.82) is 0 Å². The Morgan fingerprint density at radius 1 is 1.10 bits per heavy atom. The summed E-state index contributed by atoms with van der Waals surface area (Å²) in [5.74, 6) is 0. The zero-order valence-electron chi connectivity index (χ0n) is 10.5. The van der Waals surface area contributed by atoms with Crippen molar-refractivity contribution in [2.24, 2.45) is 0 Å². The lowest BCUT2D eigenvalue weighted by molar-refractivity contribution is 0.734. The summed E-state index contributed by atoms with van der Waals surface area (Å²) < 4.78 is 3.04. The second-order valence-electron chi connectivity index (χ2n) is 4.49. The largest absolute Gasteiger partial charge is 0.332 e. The van der Waals surface area contributed by atoms with E-state index in [1.807, 2.05) is 42.5 Å². The van der Waals surface area contributed by atoms with E-state index < -0.39 is 0 Å². The fourth-order valence-corrected chi connectivity index (χ4v) is 2.64. The average Bonchev–Trinajstić information content (AvgIpc) is 2.45. The van der Waals surface area contributed by atoms with Gasteiger partial charge in [0.05, 0.1) is 17.4 Å². The van der Waals surface area contributed by atoms with E-state index >= 15 is 0 Å². The van der Waals surface area contributed by atoms with Crippen LogP contribution in [0.3, 0.4) is 0 Å². The summed E-state index contributed by atoms with van der Waals surface area (Å²) in [5.41, 5.74) is 1.74. The number of para-hydroxylation sites is 1. The van der Waals surface area contributed by atoms with Crippen LogP contribution in [0.15, 0.2) is 57.8 Å². The number of rotatable bonds is 2. The standard InChI is InChI=1S/C15H11BrN2OS/c16-11-7-5-10(6-8-11)9-18-14(19)12-3-1-2-4-13(12)17-15(18)20/h1-8H,9H2,(H,17,20). The summed E-state index contributed by atoms with van der Waals surface area (Å²) in [5, 5.41) is 0.651. The van der Waals surface area contributed by atoms with E-state index in [0.29, 0.717) is 16.7 Å². The number of H-pyrrole nitrogens is 1. The molecule has 1 heterocycles. The molecular weight excluding hydrogens is 336 g/mol. The second kappa shape index (κ2) is 5.34. The molecule has 1 N–H and O–H groups in total. The molecule has 0 aliphatic heterocycles. The van der Waals surface area contributed by atoms with Gasteiger partial charge in [-0.1, -0.05) is 40.2 Å². The third-order valence-corrected chi connectivity index (χ3v) is 3.99. The summed E-state index contributed by atoms with van der Waals surface area (Å²) >= 11 is 8.69. The van der Waals surface area contributed by atoms with Gasteiger partial charge in [-0.3, -0.25) is 9.36 Å². The number of aromatic amines is 1. The number of aromatic nitrogens is 2. The molecule has 20 heavy (non-hydrogen) atoms. The number of fused-ring (bicyclic) bond motifs is 1. The van der Waals surface area contributed by atoms with Crippen LogP contribution < -0.4 is 5.56 Å². The zero-order valence-corrected chi connectivity index (χ0v) is 12.9. The lowest BCUT2D eigenvalue weighted by Crippen LogP contribution is -2.22. The SMILES string of the molecule is O=c1c2ccccc2[nH]c(=S)n1Cc1ccc(Br)cc1. The maximum atomic E-state index is 12.5. The van der Waals surface area contributed by atoms with Gasteiger partial charge in [-0.05, 0) is 42.0 Å². The molecule has 3 aromatic rings.